The van der Waals surface area contributed by atoms with Crippen molar-refractivity contribution in [3.63, 3.8) is 0 Å². The third-order valence-corrected chi connectivity index (χ3v) is 3.22. The summed E-state index contributed by atoms with van der Waals surface area (Å²) in [7, 11) is 1.69. The molecule has 1 heterocycles. The molecule has 0 bridgehead atoms. The molecule has 0 unspecified atom stereocenters. The van der Waals surface area contributed by atoms with Gasteiger partial charge in [-0.25, -0.2) is 0 Å². The second-order valence-electron chi connectivity index (χ2n) is 4.87. The van der Waals surface area contributed by atoms with Gasteiger partial charge in [0.2, 0.25) is 0 Å². The van der Waals surface area contributed by atoms with Crippen molar-refractivity contribution in [3.05, 3.63) is 47.8 Å². The number of anilines is 1. The maximum Gasteiger partial charge on any atom is 0.326 e. The Kier molecular flexibility index (Phi) is 4.93. The second-order valence-corrected chi connectivity index (χ2v) is 4.87. The zero-order valence-electron chi connectivity index (χ0n) is 12.9. The van der Waals surface area contributed by atoms with Crippen LogP contribution in [0.25, 0.3) is 0 Å². The Hall–Kier alpha value is -2.63. The summed E-state index contributed by atoms with van der Waals surface area (Å²) in [6, 6.07) is 9.02. The Labute approximate surface area is 129 Å². The highest BCUT2D eigenvalue weighted by Gasteiger charge is 2.23. The number of hydrogen-bond donors (Lipinski definition) is 0. The first-order valence-electron chi connectivity index (χ1n) is 7.05. The quantitative estimate of drug-likeness (QED) is 0.792. The molecule has 0 fully saturated rings. The lowest BCUT2D eigenvalue weighted by Gasteiger charge is -2.22. The topological polar surface area (TPSA) is 64.4 Å². The van der Waals surface area contributed by atoms with Gasteiger partial charge in [0.1, 0.15) is 12.2 Å². The summed E-state index contributed by atoms with van der Waals surface area (Å²) in [6.45, 7) is 3.83. The second kappa shape index (κ2) is 6.89. The smallest absolute Gasteiger partial charge is 0.326 e. The maximum atomic E-state index is 12.7. The minimum absolute atomic E-state index is 0.138. The van der Waals surface area contributed by atoms with Gasteiger partial charge in [-0.2, -0.15) is 5.10 Å². The zero-order chi connectivity index (χ0) is 16.1. The van der Waals surface area contributed by atoms with Gasteiger partial charge in [-0.15, -0.1) is 0 Å². The number of aryl methyl sites for hydroxylation is 2. The normalized spacial score (nSPS) is 10.3. The third kappa shape index (κ3) is 3.52. The van der Waals surface area contributed by atoms with Gasteiger partial charge in [0.05, 0.1) is 6.61 Å². The van der Waals surface area contributed by atoms with Gasteiger partial charge in [-0.05, 0) is 32.0 Å². The minimum atomic E-state index is -0.446. The van der Waals surface area contributed by atoms with E-state index in [2.05, 4.69) is 5.10 Å². The highest BCUT2D eigenvalue weighted by Crippen LogP contribution is 2.18. The molecule has 0 aliphatic heterocycles. The standard InChI is InChI=1S/C16H19N3O3/c1-4-22-15(20)11-19(13-7-5-12(2)6-8-13)16(21)14-9-10-17-18(14)3/h5-10H,4,11H2,1-3H3. The van der Waals surface area contributed by atoms with E-state index in [0.717, 1.165) is 5.56 Å². The van der Waals surface area contributed by atoms with Crippen LogP contribution in [0, 0.1) is 6.92 Å². The van der Waals surface area contributed by atoms with E-state index in [1.807, 2.05) is 31.2 Å². The lowest BCUT2D eigenvalue weighted by atomic mass is 10.2. The predicted molar refractivity (Wildman–Crippen MR) is 82.7 cm³/mol. The number of amides is 1. The van der Waals surface area contributed by atoms with E-state index in [-0.39, 0.29) is 19.1 Å². The third-order valence-electron chi connectivity index (χ3n) is 3.22. The molecule has 0 saturated heterocycles. The summed E-state index contributed by atoms with van der Waals surface area (Å²) in [5.41, 5.74) is 2.13. The van der Waals surface area contributed by atoms with Gasteiger partial charge in [0.25, 0.3) is 5.91 Å². The Morgan fingerprint density at radius 1 is 1.23 bits per heavy atom. The average Bonchev–Trinajstić information content (AvgIpc) is 2.92. The van der Waals surface area contributed by atoms with Crippen molar-refractivity contribution < 1.29 is 14.3 Å². The Bertz CT molecular complexity index is 662. The van der Waals surface area contributed by atoms with Crippen molar-refractivity contribution in [2.24, 2.45) is 7.05 Å². The molecule has 1 amide bonds. The summed E-state index contributed by atoms with van der Waals surface area (Å²) in [6.07, 6.45) is 1.55. The number of aromatic nitrogens is 2. The molecule has 6 heteroatoms. The zero-order valence-corrected chi connectivity index (χ0v) is 12.9. The first-order valence-corrected chi connectivity index (χ1v) is 7.05. The molecule has 1 aromatic heterocycles. The van der Waals surface area contributed by atoms with Crippen LogP contribution in [-0.2, 0) is 16.6 Å². The molecule has 6 nitrogen and oxygen atoms in total. The fourth-order valence-corrected chi connectivity index (χ4v) is 2.06. The first kappa shape index (κ1) is 15.8. The molecular formula is C16H19N3O3. The van der Waals surface area contributed by atoms with Crippen LogP contribution in [0.15, 0.2) is 36.5 Å². The van der Waals surface area contributed by atoms with Crippen LogP contribution in [0.3, 0.4) is 0 Å². The highest BCUT2D eigenvalue weighted by molar-refractivity contribution is 6.07. The van der Waals surface area contributed by atoms with Crippen molar-refractivity contribution in [2.45, 2.75) is 13.8 Å². The monoisotopic (exact) mass is 301 g/mol. The molecule has 0 saturated carbocycles. The lowest BCUT2D eigenvalue weighted by Crippen LogP contribution is -2.37. The molecule has 116 valence electrons. The minimum Gasteiger partial charge on any atom is -0.465 e. The molecule has 22 heavy (non-hydrogen) atoms. The van der Waals surface area contributed by atoms with Crippen LogP contribution in [0.5, 0.6) is 0 Å². The van der Waals surface area contributed by atoms with Gasteiger partial charge >= 0.3 is 5.97 Å². The molecule has 0 aliphatic carbocycles. The number of hydrogen-bond acceptors (Lipinski definition) is 4. The molecule has 2 rings (SSSR count). The lowest BCUT2D eigenvalue weighted by molar-refractivity contribution is -0.141. The van der Waals surface area contributed by atoms with E-state index in [9.17, 15) is 9.59 Å². The number of nitrogens with zero attached hydrogens (tertiary/aromatic N) is 3. The summed E-state index contributed by atoms with van der Waals surface area (Å²) in [5, 5.41) is 4.00. The number of benzene rings is 1. The van der Waals surface area contributed by atoms with Gasteiger partial charge in [0.15, 0.2) is 0 Å². The van der Waals surface area contributed by atoms with Crippen molar-refractivity contribution in [1.82, 2.24) is 9.78 Å². The summed E-state index contributed by atoms with van der Waals surface area (Å²) < 4.78 is 6.44. The Morgan fingerprint density at radius 2 is 1.91 bits per heavy atom. The van der Waals surface area contributed by atoms with Crippen LogP contribution in [-0.4, -0.2) is 34.8 Å². The summed E-state index contributed by atoms with van der Waals surface area (Å²) in [4.78, 5) is 25.9. The van der Waals surface area contributed by atoms with Crippen LogP contribution < -0.4 is 4.90 Å². The van der Waals surface area contributed by atoms with Gasteiger partial charge in [0, 0.05) is 18.9 Å². The summed E-state index contributed by atoms with van der Waals surface area (Å²) >= 11 is 0. The van der Waals surface area contributed by atoms with E-state index >= 15 is 0 Å². The van der Waals surface area contributed by atoms with Gasteiger partial charge in [-0.3, -0.25) is 19.2 Å². The number of rotatable bonds is 5. The number of carbonyl (C=O) groups excluding carboxylic acids is 2. The predicted octanol–water partition coefficient (Wildman–Crippen LogP) is 1.94. The average molecular weight is 301 g/mol. The van der Waals surface area contributed by atoms with Crippen molar-refractivity contribution >= 4 is 17.6 Å². The number of esters is 1. The van der Waals surface area contributed by atoms with E-state index in [1.54, 1.807) is 26.2 Å². The van der Waals surface area contributed by atoms with E-state index in [4.69, 9.17) is 4.74 Å². The van der Waals surface area contributed by atoms with E-state index in [0.29, 0.717) is 11.4 Å². The number of ether oxygens (including phenoxy) is 1. The molecule has 1 aromatic carbocycles. The van der Waals surface area contributed by atoms with Crippen LogP contribution in [0.1, 0.15) is 23.0 Å². The largest absolute Gasteiger partial charge is 0.465 e. The van der Waals surface area contributed by atoms with Crippen molar-refractivity contribution in [3.8, 4) is 0 Å². The molecule has 0 N–H and O–H groups in total. The van der Waals surface area contributed by atoms with Crippen molar-refractivity contribution in [1.29, 1.82) is 0 Å². The van der Waals surface area contributed by atoms with Gasteiger partial charge < -0.3 is 4.74 Å². The van der Waals surface area contributed by atoms with E-state index < -0.39 is 5.97 Å². The first-order chi connectivity index (χ1) is 10.5. The molecule has 0 atom stereocenters. The highest BCUT2D eigenvalue weighted by atomic mass is 16.5. The Morgan fingerprint density at radius 3 is 2.45 bits per heavy atom. The SMILES string of the molecule is CCOC(=O)CN(C(=O)c1ccnn1C)c1ccc(C)cc1. The summed E-state index contributed by atoms with van der Waals surface area (Å²) in [5.74, 6) is -0.740. The van der Waals surface area contributed by atoms with Crippen LogP contribution in [0.2, 0.25) is 0 Å². The van der Waals surface area contributed by atoms with Crippen molar-refractivity contribution in [2.75, 3.05) is 18.1 Å². The molecule has 0 radical (unpaired) electrons. The van der Waals surface area contributed by atoms with Crippen LogP contribution >= 0.6 is 0 Å². The van der Waals surface area contributed by atoms with Crippen LogP contribution in [0.4, 0.5) is 5.69 Å². The Balaban J connectivity index is 2.32. The molecule has 0 aliphatic rings. The molecule has 0 spiro atoms. The molecule has 2 aromatic rings. The van der Waals surface area contributed by atoms with E-state index in [1.165, 1.54) is 9.58 Å². The fourth-order valence-electron chi connectivity index (χ4n) is 2.06. The maximum absolute atomic E-state index is 12.7. The number of carbonyl (C=O) groups is 2. The molecular weight excluding hydrogens is 282 g/mol. The van der Waals surface area contributed by atoms with Gasteiger partial charge in [-0.1, -0.05) is 17.7 Å². The fraction of sp³-hybridized carbons (Fsp3) is 0.312.